The van der Waals surface area contributed by atoms with Crippen LogP contribution in [0.15, 0.2) is 48.5 Å². The molecule has 0 N–H and O–H groups in total. The van der Waals surface area contributed by atoms with Crippen LogP contribution in [0.5, 0.6) is 11.5 Å². The summed E-state index contributed by atoms with van der Waals surface area (Å²) in [6.45, 7) is 3.37. The standard InChI is InChI=1S/C21H21NO5/c1-21(2)22(16-8-6-5-7-15(16)20(24)27-21)19(23)12-10-14-9-11-17(25-3)18(13-14)26-4/h5-13H,1-4H3. The maximum absolute atomic E-state index is 12.9. The molecule has 0 aromatic heterocycles. The molecule has 27 heavy (non-hydrogen) atoms. The topological polar surface area (TPSA) is 65.1 Å². The number of methoxy groups -OCH3 is 2. The number of esters is 1. The lowest BCUT2D eigenvalue weighted by atomic mass is 10.1. The number of nitrogens with zero attached hydrogens (tertiary/aromatic N) is 1. The number of anilines is 1. The Bertz CT molecular complexity index is 917. The fourth-order valence-electron chi connectivity index (χ4n) is 3.04. The highest BCUT2D eigenvalue weighted by atomic mass is 16.6. The van der Waals surface area contributed by atoms with Crippen molar-refractivity contribution in [2.75, 3.05) is 19.1 Å². The van der Waals surface area contributed by atoms with Crippen molar-refractivity contribution in [2.24, 2.45) is 0 Å². The largest absolute Gasteiger partial charge is 0.493 e. The lowest BCUT2D eigenvalue weighted by molar-refractivity contribution is -0.118. The van der Waals surface area contributed by atoms with Crippen LogP contribution in [0.1, 0.15) is 29.8 Å². The molecule has 0 saturated heterocycles. The Kier molecular flexibility index (Phi) is 4.90. The molecule has 6 nitrogen and oxygen atoms in total. The molecule has 0 fully saturated rings. The average Bonchev–Trinajstić information content (AvgIpc) is 2.65. The first-order valence-corrected chi connectivity index (χ1v) is 8.44. The molecule has 2 aromatic carbocycles. The molecule has 3 rings (SSSR count). The Labute approximate surface area is 158 Å². The van der Waals surface area contributed by atoms with Crippen LogP contribution in [0.25, 0.3) is 6.08 Å². The molecule has 1 aliphatic rings. The van der Waals surface area contributed by atoms with Gasteiger partial charge in [-0.1, -0.05) is 18.2 Å². The quantitative estimate of drug-likeness (QED) is 0.610. The van der Waals surface area contributed by atoms with Crippen LogP contribution in [0, 0.1) is 0 Å². The van der Waals surface area contributed by atoms with Gasteiger partial charge < -0.3 is 14.2 Å². The summed E-state index contributed by atoms with van der Waals surface area (Å²) in [4.78, 5) is 26.6. The maximum Gasteiger partial charge on any atom is 0.342 e. The molecule has 0 radical (unpaired) electrons. The first-order valence-electron chi connectivity index (χ1n) is 8.44. The average molecular weight is 367 g/mol. The number of hydrogen-bond donors (Lipinski definition) is 0. The zero-order valence-electron chi connectivity index (χ0n) is 15.7. The molecular formula is C21H21NO5. The highest BCUT2D eigenvalue weighted by Crippen LogP contribution is 2.35. The van der Waals surface area contributed by atoms with Gasteiger partial charge in [-0.25, -0.2) is 4.79 Å². The third-order valence-corrected chi connectivity index (χ3v) is 4.29. The first kappa shape index (κ1) is 18.5. The van der Waals surface area contributed by atoms with Gasteiger partial charge in [-0.15, -0.1) is 0 Å². The number of cyclic esters (lactones) is 1. The van der Waals surface area contributed by atoms with Crippen LogP contribution < -0.4 is 14.4 Å². The number of fused-ring (bicyclic) bond motifs is 1. The van der Waals surface area contributed by atoms with Crippen LogP contribution in [0.4, 0.5) is 5.69 Å². The van der Waals surface area contributed by atoms with Gasteiger partial charge in [0.25, 0.3) is 5.91 Å². The van der Waals surface area contributed by atoms with E-state index in [1.54, 1.807) is 70.5 Å². The number of para-hydroxylation sites is 1. The third-order valence-electron chi connectivity index (χ3n) is 4.29. The number of carbonyl (C=O) groups is 2. The molecule has 1 amide bonds. The minimum absolute atomic E-state index is 0.297. The van der Waals surface area contributed by atoms with E-state index in [9.17, 15) is 9.59 Å². The first-order chi connectivity index (χ1) is 12.9. The van der Waals surface area contributed by atoms with Gasteiger partial charge in [-0.2, -0.15) is 0 Å². The van der Waals surface area contributed by atoms with Crippen LogP contribution in [-0.2, 0) is 9.53 Å². The van der Waals surface area contributed by atoms with Crippen LogP contribution in [0.3, 0.4) is 0 Å². The lowest BCUT2D eigenvalue weighted by Gasteiger charge is -2.41. The molecule has 0 spiro atoms. The van der Waals surface area contributed by atoms with Crippen molar-refractivity contribution in [1.29, 1.82) is 0 Å². The fourth-order valence-corrected chi connectivity index (χ4v) is 3.04. The Morgan fingerprint density at radius 2 is 1.78 bits per heavy atom. The van der Waals surface area contributed by atoms with E-state index in [-0.39, 0.29) is 5.91 Å². The molecule has 0 aliphatic carbocycles. The predicted octanol–water partition coefficient (Wildman–Crippen LogP) is 3.66. The SMILES string of the molecule is COc1ccc(C=CC(=O)N2c3ccccc3C(=O)OC2(C)C)cc1OC. The number of hydrogen-bond acceptors (Lipinski definition) is 5. The Hall–Kier alpha value is -3.28. The van der Waals surface area contributed by atoms with E-state index in [1.165, 1.54) is 11.0 Å². The van der Waals surface area contributed by atoms with Crippen molar-refractivity contribution < 1.29 is 23.8 Å². The monoisotopic (exact) mass is 367 g/mol. The Morgan fingerprint density at radius 3 is 2.48 bits per heavy atom. The predicted molar refractivity (Wildman–Crippen MR) is 102 cm³/mol. The summed E-state index contributed by atoms with van der Waals surface area (Å²) in [7, 11) is 3.12. The summed E-state index contributed by atoms with van der Waals surface area (Å²) in [6, 6.07) is 12.3. The van der Waals surface area contributed by atoms with E-state index in [0.717, 1.165) is 5.56 Å². The summed E-state index contributed by atoms with van der Waals surface area (Å²) >= 11 is 0. The van der Waals surface area contributed by atoms with Crippen LogP contribution in [0.2, 0.25) is 0 Å². The summed E-state index contributed by atoms with van der Waals surface area (Å²) in [5.74, 6) is 0.446. The van der Waals surface area contributed by atoms with Gasteiger partial charge in [0.05, 0.1) is 25.5 Å². The second-order valence-corrected chi connectivity index (χ2v) is 6.47. The fraction of sp³-hybridized carbons (Fsp3) is 0.238. The summed E-state index contributed by atoms with van der Waals surface area (Å²) < 4.78 is 15.9. The second kappa shape index (κ2) is 7.15. The lowest BCUT2D eigenvalue weighted by Crippen LogP contribution is -2.53. The molecular weight excluding hydrogens is 346 g/mol. The minimum Gasteiger partial charge on any atom is -0.493 e. The van der Waals surface area contributed by atoms with Gasteiger partial charge in [0.15, 0.2) is 17.2 Å². The molecule has 0 bridgehead atoms. The zero-order chi connectivity index (χ0) is 19.6. The molecule has 2 aromatic rings. The molecule has 0 saturated carbocycles. The second-order valence-electron chi connectivity index (χ2n) is 6.47. The summed E-state index contributed by atoms with van der Waals surface area (Å²) in [6.07, 6.45) is 3.12. The number of rotatable bonds is 4. The normalized spacial score (nSPS) is 15.3. The Balaban J connectivity index is 1.92. The highest BCUT2D eigenvalue weighted by molar-refractivity contribution is 6.10. The van der Waals surface area contributed by atoms with Gasteiger partial charge in [-0.3, -0.25) is 9.69 Å². The van der Waals surface area contributed by atoms with Crippen molar-refractivity contribution in [3.05, 3.63) is 59.7 Å². The van der Waals surface area contributed by atoms with E-state index in [1.807, 2.05) is 6.07 Å². The van der Waals surface area contributed by atoms with E-state index >= 15 is 0 Å². The third kappa shape index (κ3) is 3.51. The number of amides is 1. The van der Waals surface area contributed by atoms with E-state index in [4.69, 9.17) is 14.2 Å². The molecule has 6 heteroatoms. The van der Waals surface area contributed by atoms with Crippen LogP contribution >= 0.6 is 0 Å². The highest BCUT2D eigenvalue weighted by Gasteiger charge is 2.41. The molecule has 1 heterocycles. The number of carbonyl (C=O) groups excluding carboxylic acids is 2. The molecule has 0 unspecified atom stereocenters. The van der Waals surface area contributed by atoms with Crippen LogP contribution in [-0.4, -0.2) is 31.8 Å². The zero-order valence-corrected chi connectivity index (χ0v) is 15.7. The minimum atomic E-state index is -1.09. The van der Waals surface area contributed by atoms with Gasteiger partial charge in [0.1, 0.15) is 0 Å². The van der Waals surface area contributed by atoms with E-state index in [0.29, 0.717) is 22.7 Å². The Morgan fingerprint density at radius 1 is 1.07 bits per heavy atom. The summed E-state index contributed by atoms with van der Waals surface area (Å²) in [5.41, 5.74) is 0.580. The van der Waals surface area contributed by atoms with E-state index < -0.39 is 11.7 Å². The maximum atomic E-state index is 12.9. The molecule has 140 valence electrons. The number of ether oxygens (including phenoxy) is 3. The van der Waals surface area contributed by atoms with Crippen molar-refractivity contribution in [1.82, 2.24) is 0 Å². The molecule has 0 atom stereocenters. The summed E-state index contributed by atoms with van der Waals surface area (Å²) in [5, 5.41) is 0. The van der Waals surface area contributed by atoms with Gasteiger partial charge >= 0.3 is 5.97 Å². The number of benzene rings is 2. The van der Waals surface area contributed by atoms with Gasteiger partial charge in [0, 0.05) is 6.08 Å². The van der Waals surface area contributed by atoms with Crippen molar-refractivity contribution in [3.63, 3.8) is 0 Å². The smallest absolute Gasteiger partial charge is 0.342 e. The van der Waals surface area contributed by atoms with Gasteiger partial charge in [0.2, 0.25) is 0 Å². The van der Waals surface area contributed by atoms with Gasteiger partial charge in [-0.05, 0) is 49.8 Å². The van der Waals surface area contributed by atoms with E-state index in [2.05, 4.69) is 0 Å². The molecule has 1 aliphatic heterocycles. The van der Waals surface area contributed by atoms with Crippen molar-refractivity contribution in [2.45, 2.75) is 19.6 Å². The van der Waals surface area contributed by atoms with Crippen molar-refractivity contribution >= 4 is 23.6 Å². The van der Waals surface area contributed by atoms with Crippen molar-refractivity contribution in [3.8, 4) is 11.5 Å².